The zero-order valence-electron chi connectivity index (χ0n) is 10.6. The lowest BCUT2D eigenvalue weighted by Gasteiger charge is -2.10. The summed E-state index contributed by atoms with van der Waals surface area (Å²) in [4.78, 5) is 0.0286. The lowest BCUT2D eigenvalue weighted by molar-refractivity contribution is 0.600. The minimum absolute atomic E-state index is 0.0286. The Hall–Kier alpha value is -2.39. The van der Waals surface area contributed by atoms with Crippen LogP contribution in [0, 0.1) is 24.1 Å². The van der Waals surface area contributed by atoms with Crippen LogP contribution in [0.5, 0.6) is 0 Å². The lowest BCUT2D eigenvalue weighted by Crippen LogP contribution is -2.14. The second-order valence-electron chi connectivity index (χ2n) is 4.20. The molecule has 0 heterocycles. The fraction of sp³-hybridized carbons (Fsp3) is 0.0714. The van der Waals surface area contributed by atoms with E-state index >= 15 is 0 Å². The molecule has 0 saturated heterocycles. The van der Waals surface area contributed by atoms with Crippen LogP contribution in [-0.4, -0.2) is 8.42 Å². The van der Waals surface area contributed by atoms with Gasteiger partial charge < -0.3 is 0 Å². The molecule has 20 heavy (non-hydrogen) atoms. The highest BCUT2D eigenvalue weighted by Crippen LogP contribution is 2.20. The lowest BCUT2D eigenvalue weighted by atomic mass is 10.2. The monoisotopic (exact) mass is 290 g/mol. The van der Waals surface area contributed by atoms with Gasteiger partial charge in [-0.25, -0.2) is 12.8 Å². The van der Waals surface area contributed by atoms with Gasteiger partial charge in [0.1, 0.15) is 5.82 Å². The smallest absolute Gasteiger partial charge is 0.262 e. The van der Waals surface area contributed by atoms with Crippen molar-refractivity contribution in [1.82, 2.24) is 0 Å². The summed E-state index contributed by atoms with van der Waals surface area (Å²) < 4.78 is 39.7. The van der Waals surface area contributed by atoms with Crippen LogP contribution >= 0.6 is 0 Å². The maximum absolute atomic E-state index is 12.8. The van der Waals surface area contributed by atoms with Crippen LogP contribution in [0.4, 0.5) is 10.1 Å². The SMILES string of the molecule is Cc1ccc(C#N)cc1S(=O)(=O)Nc1ccc(F)cc1. The molecule has 0 atom stereocenters. The van der Waals surface area contributed by atoms with E-state index in [-0.39, 0.29) is 16.1 Å². The van der Waals surface area contributed by atoms with Gasteiger partial charge in [0.2, 0.25) is 0 Å². The Kier molecular flexibility index (Phi) is 3.72. The molecule has 2 aromatic carbocycles. The summed E-state index contributed by atoms with van der Waals surface area (Å²) in [5.74, 6) is -0.449. The second kappa shape index (κ2) is 5.31. The Morgan fingerprint density at radius 1 is 1.15 bits per heavy atom. The molecule has 1 N–H and O–H groups in total. The van der Waals surface area contributed by atoms with Crippen molar-refractivity contribution < 1.29 is 12.8 Å². The molecule has 0 unspecified atom stereocenters. The number of nitrogens with zero attached hydrogens (tertiary/aromatic N) is 1. The van der Waals surface area contributed by atoms with Crippen LogP contribution in [0.15, 0.2) is 47.4 Å². The standard InChI is InChI=1S/C14H11FN2O2S/c1-10-2-3-11(9-16)8-14(10)20(18,19)17-13-6-4-12(15)5-7-13/h2-8,17H,1H3. The second-order valence-corrected chi connectivity index (χ2v) is 5.86. The molecule has 6 heteroatoms. The largest absolute Gasteiger partial charge is 0.280 e. The van der Waals surface area contributed by atoms with Crippen LogP contribution in [0.25, 0.3) is 0 Å². The number of anilines is 1. The molecule has 0 radical (unpaired) electrons. The van der Waals surface area contributed by atoms with Crippen molar-refractivity contribution >= 4 is 15.7 Å². The van der Waals surface area contributed by atoms with Gasteiger partial charge in [0, 0.05) is 5.69 Å². The Morgan fingerprint density at radius 3 is 2.40 bits per heavy atom. The van der Waals surface area contributed by atoms with Crippen LogP contribution in [0.1, 0.15) is 11.1 Å². The summed E-state index contributed by atoms with van der Waals surface area (Å²) in [5, 5.41) is 8.83. The normalized spacial score (nSPS) is 10.8. The van der Waals surface area contributed by atoms with Gasteiger partial charge >= 0.3 is 0 Å². The molecule has 0 aliphatic heterocycles. The fourth-order valence-electron chi connectivity index (χ4n) is 1.69. The number of benzene rings is 2. The highest BCUT2D eigenvalue weighted by molar-refractivity contribution is 7.92. The van der Waals surface area contributed by atoms with Gasteiger partial charge in [-0.2, -0.15) is 5.26 Å². The maximum atomic E-state index is 12.8. The minimum atomic E-state index is -3.81. The molecule has 0 saturated carbocycles. The third-order valence-corrected chi connectivity index (χ3v) is 4.23. The first-order chi connectivity index (χ1) is 9.42. The first-order valence-corrected chi connectivity index (χ1v) is 7.20. The van der Waals surface area contributed by atoms with Gasteiger partial charge in [-0.3, -0.25) is 4.72 Å². The number of sulfonamides is 1. The fourth-order valence-corrected chi connectivity index (χ4v) is 3.02. The van der Waals surface area contributed by atoms with Crippen molar-refractivity contribution in [3.8, 4) is 6.07 Å². The summed E-state index contributed by atoms with van der Waals surface area (Å²) in [7, 11) is -3.81. The van der Waals surface area contributed by atoms with Crippen LogP contribution < -0.4 is 4.72 Å². The van der Waals surface area contributed by atoms with Gasteiger partial charge in [-0.05, 0) is 48.9 Å². The predicted molar refractivity (Wildman–Crippen MR) is 73.1 cm³/mol. The van der Waals surface area contributed by atoms with Crippen molar-refractivity contribution in [1.29, 1.82) is 5.26 Å². The van der Waals surface area contributed by atoms with Crippen molar-refractivity contribution in [2.24, 2.45) is 0 Å². The highest BCUT2D eigenvalue weighted by atomic mass is 32.2. The zero-order chi connectivity index (χ0) is 14.8. The summed E-state index contributed by atoms with van der Waals surface area (Å²) in [6.07, 6.45) is 0. The number of hydrogen-bond donors (Lipinski definition) is 1. The number of rotatable bonds is 3. The molecule has 0 aliphatic carbocycles. The molecule has 0 fully saturated rings. The van der Waals surface area contributed by atoms with E-state index in [1.165, 1.54) is 18.2 Å². The van der Waals surface area contributed by atoms with Gasteiger partial charge in [-0.15, -0.1) is 0 Å². The van der Waals surface area contributed by atoms with Gasteiger partial charge in [0.15, 0.2) is 0 Å². The average Bonchev–Trinajstić information content (AvgIpc) is 2.41. The number of nitriles is 1. The van der Waals surface area contributed by atoms with E-state index in [2.05, 4.69) is 4.72 Å². The molecule has 102 valence electrons. The summed E-state index contributed by atoms with van der Waals surface area (Å²) in [6, 6.07) is 11.3. The number of aryl methyl sites for hydroxylation is 1. The van der Waals surface area contributed by atoms with E-state index in [1.54, 1.807) is 19.1 Å². The Morgan fingerprint density at radius 2 is 1.80 bits per heavy atom. The third-order valence-electron chi connectivity index (χ3n) is 2.70. The predicted octanol–water partition coefficient (Wildman–Crippen LogP) is 2.81. The van der Waals surface area contributed by atoms with Crippen molar-refractivity contribution in [3.05, 3.63) is 59.4 Å². The third kappa shape index (κ3) is 2.95. The van der Waals surface area contributed by atoms with Crippen LogP contribution in [0.2, 0.25) is 0 Å². The molecular formula is C14H11FN2O2S. The Bertz CT molecular complexity index is 778. The van der Waals surface area contributed by atoms with E-state index < -0.39 is 15.8 Å². The molecule has 0 bridgehead atoms. The van der Waals surface area contributed by atoms with Crippen molar-refractivity contribution in [3.63, 3.8) is 0 Å². The first kappa shape index (κ1) is 14.0. The van der Waals surface area contributed by atoms with Gasteiger partial charge in [0.25, 0.3) is 10.0 Å². The molecule has 2 rings (SSSR count). The first-order valence-electron chi connectivity index (χ1n) is 5.71. The number of hydrogen-bond acceptors (Lipinski definition) is 3. The molecule has 2 aromatic rings. The van der Waals surface area contributed by atoms with Crippen molar-refractivity contribution in [2.75, 3.05) is 4.72 Å². The summed E-state index contributed by atoms with van der Waals surface area (Å²) in [6.45, 7) is 1.64. The van der Waals surface area contributed by atoms with E-state index in [4.69, 9.17) is 5.26 Å². The maximum Gasteiger partial charge on any atom is 0.262 e. The summed E-state index contributed by atoms with van der Waals surface area (Å²) in [5.41, 5.74) is 1.04. The molecular weight excluding hydrogens is 279 g/mol. The van der Waals surface area contributed by atoms with Crippen LogP contribution in [-0.2, 0) is 10.0 Å². The van der Waals surface area contributed by atoms with Gasteiger partial charge in [-0.1, -0.05) is 6.07 Å². The Balaban J connectivity index is 2.40. The molecule has 0 spiro atoms. The van der Waals surface area contributed by atoms with E-state index in [0.717, 1.165) is 12.1 Å². The van der Waals surface area contributed by atoms with Crippen molar-refractivity contribution in [2.45, 2.75) is 11.8 Å². The molecule has 4 nitrogen and oxygen atoms in total. The average molecular weight is 290 g/mol. The molecule has 0 aliphatic rings. The topological polar surface area (TPSA) is 70.0 Å². The molecule has 0 amide bonds. The van der Waals surface area contributed by atoms with Crippen LogP contribution in [0.3, 0.4) is 0 Å². The van der Waals surface area contributed by atoms with E-state index in [1.807, 2.05) is 6.07 Å². The Labute approximate surface area is 116 Å². The summed E-state index contributed by atoms with van der Waals surface area (Å²) >= 11 is 0. The van der Waals surface area contributed by atoms with E-state index in [0.29, 0.717) is 5.56 Å². The zero-order valence-corrected chi connectivity index (χ0v) is 11.4. The number of halogens is 1. The minimum Gasteiger partial charge on any atom is -0.280 e. The molecule has 0 aromatic heterocycles. The quantitative estimate of drug-likeness (QED) is 0.945. The number of nitrogens with one attached hydrogen (secondary N) is 1. The highest BCUT2D eigenvalue weighted by Gasteiger charge is 2.17. The van der Waals surface area contributed by atoms with E-state index in [9.17, 15) is 12.8 Å². The van der Waals surface area contributed by atoms with Gasteiger partial charge in [0.05, 0.1) is 16.5 Å².